The summed E-state index contributed by atoms with van der Waals surface area (Å²) >= 11 is 0. The maximum absolute atomic E-state index is 12.8. The Kier molecular flexibility index (Phi) is 11.3. The monoisotopic (exact) mass is 402 g/mol. The number of carboxylic acids is 1. The van der Waals surface area contributed by atoms with Crippen molar-refractivity contribution in [3.8, 4) is 0 Å². The van der Waals surface area contributed by atoms with Crippen molar-refractivity contribution in [1.82, 2.24) is 16.0 Å². The lowest BCUT2D eigenvalue weighted by Gasteiger charge is -2.28. The quantitative estimate of drug-likeness (QED) is 0.242. The molecule has 0 radical (unpaired) electrons. The van der Waals surface area contributed by atoms with Crippen LogP contribution in [-0.4, -0.2) is 64.7 Å². The minimum atomic E-state index is -1.19. The molecule has 0 aliphatic carbocycles. The van der Waals surface area contributed by atoms with Crippen molar-refractivity contribution >= 4 is 23.7 Å². The third-order valence-electron chi connectivity index (χ3n) is 4.40. The molecule has 0 bridgehead atoms. The van der Waals surface area contributed by atoms with Gasteiger partial charge < -0.3 is 31.9 Å². The predicted molar refractivity (Wildman–Crippen MR) is 103 cm³/mol. The first kappa shape index (κ1) is 25.8. The van der Waals surface area contributed by atoms with Crippen LogP contribution in [0.1, 0.15) is 47.5 Å². The van der Waals surface area contributed by atoms with E-state index in [-0.39, 0.29) is 11.8 Å². The normalized spacial score (nSPS) is 16.4. The molecule has 28 heavy (non-hydrogen) atoms. The van der Waals surface area contributed by atoms with E-state index in [1.165, 1.54) is 6.92 Å². The van der Waals surface area contributed by atoms with Crippen LogP contribution in [0, 0.1) is 11.8 Å². The molecule has 0 aromatic rings. The fraction of sp³-hybridized carbons (Fsp3) is 0.778. The molecule has 0 saturated heterocycles. The summed E-state index contributed by atoms with van der Waals surface area (Å²) < 4.78 is 0. The summed E-state index contributed by atoms with van der Waals surface area (Å²) in [6.45, 7) is 8.09. The Balaban J connectivity index is 5.36. The second-order valence-corrected chi connectivity index (χ2v) is 7.42. The van der Waals surface area contributed by atoms with Gasteiger partial charge in [-0.05, 0) is 25.2 Å². The lowest BCUT2D eigenvalue weighted by molar-refractivity contribution is -0.142. The third kappa shape index (κ3) is 8.66. The molecule has 0 aromatic carbocycles. The standard InChI is InChI=1S/C18H34N4O6/c1-6-10(4)14(17(26)20-11(5)18(27)28)22-16(25)13(7-9(2)3)21-15(24)12(19)8-23/h9-14,23H,6-8,19H2,1-5H3,(H,20,26)(H,21,24)(H,22,25)(H,27,28). The molecule has 7 N–H and O–H groups in total. The lowest BCUT2D eigenvalue weighted by Crippen LogP contribution is -2.58. The van der Waals surface area contributed by atoms with E-state index in [0.29, 0.717) is 12.8 Å². The molecular weight excluding hydrogens is 368 g/mol. The van der Waals surface area contributed by atoms with Crippen molar-refractivity contribution in [2.24, 2.45) is 17.6 Å². The maximum atomic E-state index is 12.8. The highest BCUT2D eigenvalue weighted by atomic mass is 16.4. The van der Waals surface area contributed by atoms with Crippen molar-refractivity contribution in [2.75, 3.05) is 6.61 Å². The van der Waals surface area contributed by atoms with Gasteiger partial charge in [0.05, 0.1) is 6.61 Å². The maximum Gasteiger partial charge on any atom is 0.325 e. The van der Waals surface area contributed by atoms with Crippen LogP contribution in [0.15, 0.2) is 0 Å². The Hall–Kier alpha value is -2.20. The zero-order chi connectivity index (χ0) is 22.0. The van der Waals surface area contributed by atoms with Crippen LogP contribution in [0.4, 0.5) is 0 Å². The van der Waals surface area contributed by atoms with Gasteiger partial charge in [0, 0.05) is 0 Å². The van der Waals surface area contributed by atoms with E-state index >= 15 is 0 Å². The average Bonchev–Trinajstić information content (AvgIpc) is 2.62. The Morgan fingerprint density at radius 2 is 1.50 bits per heavy atom. The Morgan fingerprint density at radius 1 is 0.929 bits per heavy atom. The third-order valence-corrected chi connectivity index (χ3v) is 4.40. The molecule has 162 valence electrons. The number of nitrogens with two attached hydrogens (primary N) is 1. The Bertz CT molecular complexity index is 554. The van der Waals surface area contributed by atoms with Crippen LogP contribution in [0.2, 0.25) is 0 Å². The number of carboxylic acid groups (broad SMARTS) is 1. The average molecular weight is 402 g/mol. The molecule has 5 unspecified atom stereocenters. The number of carbonyl (C=O) groups is 4. The first-order chi connectivity index (χ1) is 12.9. The van der Waals surface area contributed by atoms with Crippen LogP contribution >= 0.6 is 0 Å². The number of rotatable bonds is 12. The van der Waals surface area contributed by atoms with E-state index in [4.69, 9.17) is 15.9 Å². The van der Waals surface area contributed by atoms with E-state index in [9.17, 15) is 19.2 Å². The molecule has 0 saturated carbocycles. The highest BCUT2D eigenvalue weighted by Gasteiger charge is 2.32. The van der Waals surface area contributed by atoms with Gasteiger partial charge >= 0.3 is 5.97 Å². The summed E-state index contributed by atoms with van der Waals surface area (Å²) in [5, 5.41) is 25.4. The number of aliphatic hydroxyl groups is 1. The zero-order valence-electron chi connectivity index (χ0n) is 17.2. The number of carbonyl (C=O) groups excluding carboxylic acids is 3. The van der Waals surface area contributed by atoms with Gasteiger partial charge in [0.25, 0.3) is 0 Å². The summed E-state index contributed by atoms with van der Waals surface area (Å²) in [7, 11) is 0. The predicted octanol–water partition coefficient (Wildman–Crippen LogP) is -1.04. The number of aliphatic carboxylic acids is 1. The summed E-state index contributed by atoms with van der Waals surface area (Å²) in [6, 6.07) is -4.17. The van der Waals surface area contributed by atoms with Gasteiger partial charge in [0.1, 0.15) is 24.2 Å². The first-order valence-corrected chi connectivity index (χ1v) is 9.44. The molecule has 10 nitrogen and oxygen atoms in total. The minimum Gasteiger partial charge on any atom is -0.480 e. The summed E-state index contributed by atoms with van der Waals surface area (Å²) in [4.78, 5) is 48.2. The van der Waals surface area contributed by atoms with Gasteiger partial charge in [0.2, 0.25) is 17.7 Å². The molecule has 0 spiro atoms. The van der Waals surface area contributed by atoms with E-state index in [2.05, 4.69) is 16.0 Å². The van der Waals surface area contributed by atoms with Crippen molar-refractivity contribution in [3.63, 3.8) is 0 Å². The van der Waals surface area contributed by atoms with E-state index < -0.39 is 54.5 Å². The number of nitrogens with one attached hydrogen (secondary N) is 3. The van der Waals surface area contributed by atoms with Crippen LogP contribution in [0.5, 0.6) is 0 Å². The molecule has 0 aromatic heterocycles. The largest absolute Gasteiger partial charge is 0.480 e. The van der Waals surface area contributed by atoms with Gasteiger partial charge in [-0.1, -0.05) is 34.1 Å². The second kappa shape index (κ2) is 12.3. The van der Waals surface area contributed by atoms with Crippen molar-refractivity contribution in [1.29, 1.82) is 0 Å². The van der Waals surface area contributed by atoms with Crippen LogP contribution in [-0.2, 0) is 19.2 Å². The zero-order valence-corrected chi connectivity index (χ0v) is 17.2. The van der Waals surface area contributed by atoms with E-state index in [0.717, 1.165) is 0 Å². The van der Waals surface area contributed by atoms with Crippen molar-refractivity contribution in [2.45, 2.75) is 71.6 Å². The topological polar surface area (TPSA) is 171 Å². The Labute approximate surface area is 165 Å². The van der Waals surface area contributed by atoms with Gasteiger partial charge in [-0.15, -0.1) is 0 Å². The molecular formula is C18H34N4O6. The number of amides is 3. The van der Waals surface area contributed by atoms with Crippen molar-refractivity contribution in [3.05, 3.63) is 0 Å². The fourth-order valence-corrected chi connectivity index (χ4v) is 2.39. The SMILES string of the molecule is CCC(C)C(NC(=O)C(CC(C)C)NC(=O)C(N)CO)C(=O)NC(C)C(=O)O. The van der Waals surface area contributed by atoms with Crippen LogP contribution < -0.4 is 21.7 Å². The van der Waals surface area contributed by atoms with Gasteiger partial charge in [-0.25, -0.2) is 0 Å². The number of hydrogen-bond acceptors (Lipinski definition) is 6. The molecule has 0 aliphatic heterocycles. The summed E-state index contributed by atoms with van der Waals surface area (Å²) in [5.41, 5.74) is 5.48. The van der Waals surface area contributed by atoms with E-state index in [1.54, 1.807) is 6.92 Å². The Morgan fingerprint density at radius 3 is 1.93 bits per heavy atom. The van der Waals surface area contributed by atoms with Crippen LogP contribution in [0.3, 0.4) is 0 Å². The highest BCUT2D eigenvalue weighted by Crippen LogP contribution is 2.11. The number of aliphatic hydroxyl groups excluding tert-OH is 1. The first-order valence-electron chi connectivity index (χ1n) is 9.44. The minimum absolute atomic E-state index is 0.0595. The molecule has 0 aliphatic rings. The van der Waals surface area contributed by atoms with Crippen molar-refractivity contribution < 1.29 is 29.4 Å². The molecule has 3 amide bonds. The summed E-state index contributed by atoms with van der Waals surface area (Å²) in [6.07, 6.45) is 0.868. The molecule has 0 fully saturated rings. The molecule has 0 heterocycles. The fourth-order valence-electron chi connectivity index (χ4n) is 2.39. The van der Waals surface area contributed by atoms with Gasteiger partial charge in [-0.3, -0.25) is 19.2 Å². The summed E-state index contributed by atoms with van der Waals surface area (Å²) in [5.74, 6) is -3.25. The van der Waals surface area contributed by atoms with Gasteiger partial charge in [0.15, 0.2) is 0 Å². The second-order valence-electron chi connectivity index (χ2n) is 7.42. The van der Waals surface area contributed by atoms with Crippen LogP contribution in [0.25, 0.3) is 0 Å². The molecule has 0 rings (SSSR count). The molecule has 5 atom stereocenters. The smallest absolute Gasteiger partial charge is 0.325 e. The van der Waals surface area contributed by atoms with Gasteiger partial charge in [-0.2, -0.15) is 0 Å². The number of hydrogen-bond donors (Lipinski definition) is 6. The van der Waals surface area contributed by atoms with E-state index in [1.807, 2.05) is 20.8 Å². The lowest BCUT2D eigenvalue weighted by atomic mass is 9.96. The molecule has 10 heteroatoms. The highest BCUT2D eigenvalue weighted by molar-refractivity contribution is 5.94.